The van der Waals surface area contributed by atoms with Crippen LogP contribution in [0.2, 0.25) is 0 Å². The molecule has 0 aliphatic rings. The van der Waals surface area contributed by atoms with E-state index in [1.807, 2.05) is 37.3 Å². The lowest BCUT2D eigenvalue weighted by Gasteiger charge is -2.20. The Morgan fingerprint density at radius 2 is 2.05 bits per heavy atom. The number of benzene rings is 1. The topological polar surface area (TPSA) is 53.2 Å². The zero-order valence-corrected chi connectivity index (χ0v) is 10.8. The van der Waals surface area contributed by atoms with E-state index in [1.54, 1.807) is 11.0 Å². The van der Waals surface area contributed by atoms with E-state index in [9.17, 15) is 9.59 Å². The fraction of sp³-hybridized carbons (Fsp3) is 0.200. The normalized spacial score (nSPS) is 10.2. The van der Waals surface area contributed by atoms with Crippen molar-refractivity contribution in [3.8, 4) is 0 Å². The molecule has 0 aliphatic heterocycles. The molecule has 19 heavy (non-hydrogen) atoms. The van der Waals surface area contributed by atoms with Crippen LogP contribution < -0.4 is 0 Å². The van der Waals surface area contributed by atoms with Crippen LogP contribution in [0, 0.1) is 0 Å². The Bertz CT molecular complexity index is 561. The SMILES string of the molecule is CCN(Cc1ccccc1)C(=O)c1cc(C=O)c[nH]1. The molecule has 4 heteroatoms. The van der Waals surface area contributed by atoms with Gasteiger partial charge in [-0.25, -0.2) is 0 Å². The van der Waals surface area contributed by atoms with Gasteiger partial charge in [0.05, 0.1) is 0 Å². The fourth-order valence-corrected chi connectivity index (χ4v) is 1.90. The Balaban J connectivity index is 2.13. The van der Waals surface area contributed by atoms with E-state index in [4.69, 9.17) is 0 Å². The largest absolute Gasteiger partial charge is 0.356 e. The molecular formula is C15H16N2O2. The van der Waals surface area contributed by atoms with Crippen molar-refractivity contribution < 1.29 is 9.59 Å². The quantitative estimate of drug-likeness (QED) is 0.836. The highest BCUT2D eigenvalue weighted by Crippen LogP contribution is 2.10. The molecule has 0 saturated heterocycles. The van der Waals surface area contributed by atoms with Crippen LogP contribution in [-0.4, -0.2) is 28.6 Å². The van der Waals surface area contributed by atoms with Gasteiger partial charge in [-0.05, 0) is 18.6 Å². The molecule has 1 heterocycles. The second kappa shape index (κ2) is 6.00. The summed E-state index contributed by atoms with van der Waals surface area (Å²) in [5.74, 6) is -0.0977. The minimum absolute atomic E-state index is 0.0977. The zero-order chi connectivity index (χ0) is 13.7. The standard InChI is InChI=1S/C15H16N2O2/c1-2-17(10-12-6-4-3-5-7-12)15(19)14-8-13(11-18)9-16-14/h3-9,11,16H,2,10H2,1H3. The van der Waals surface area contributed by atoms with Crippen molar-refractivity contribution in [2.75, 3.05) is 6.54 Å². The molecule has 0 radical (unpaired) electrons. The van der Waals surface area contributed by atoms with Gasteiger partial charge in [-0.1, -0.05) is 30.3 Å². The number of aromatic amines is 1. The van der Waals surface area contributed by atoms with Crippen molar-refractivity contribution in [1.82, 2.24) is 9.88 Å². The molecule has 0 fully saturated rings. The third-order valence-electron chi connectivity index (χ3n) is 2.96. The first kappa shape index (κ1) is 13.1. The summed E-state index contributed by atoms with van der Waals surface area (Å²) in [5.41, 5.74) is 2.01. The summed E-state index contributed by atoms with van der Waals surface area (Å²) in [5, 5.41) is 0. The maximum absolute atomic E-state index is 12.3. The summed E-state index contributed by atoms with van der Waals surface area (Å²) in [4.78, 5) is 27.5. The minimum atomic E-state index is -0.0977. The number of nitrogens with zero attached hydrogens (tertiary/aromatic N) is 1. The van der Waals surface area contributed by atoms with Gasteiger partial charge >= 0.3 is 0 Å². The van der Waals surface area contributed by atoms with Crippen LogP contribution in [0.3, 0.4) is 0 Å². The first-order valence-corrected chi connectivity index (χ1v) is 6.21. The summed E-state index contributed by atoms with van der Waals surface area (Å²) in [7, 11) is 0. The second-order valence-electron chi connectivity index (χ2n) is 4.27. The van der Waals surface area contributed by atoms with Crippen molar-refractivity contribution in [2.45, 2.75) is 13.5 Å². The molecule has 0 bridgehead atoms. The molecule has 1 amide bonds. The number of rotatable bonds is 5. The van der Waals surface area contributed by atoms with E-state index < -0.39 is 0 Å². The summed E-state index contributed by atoms with van der Waals surface area (Å²) < 4.78 is 0. The van der Waals surface area contributed by atoms with Crippen LogP contribution >= 0.6 is 0 Å². The van der Waals surface area contributed by atoms with Gasteiger partial charge in [0.1, 0.15) is 5.69 Å². The van der Waals surface area contributed by atoms with Crippen LogP contribution in [0.15, 0.2) is 42.6 Å². The first-order valence-electron chi connectivity index (χ1n) is 6.21. The van der Waals surface area contributed by atoms with Crippen LogP contribution in [-0.2, 0) is 6.54 Å². The molecule has 2 aromatic rings. The Morgan fingerprint density at radius 3 is 2.63 bits per heavy atom. The minimum Gasteiger partial charge on any atom is -0.356 e. The van der Waals surface area contributed by atoms with Gasteiger partial charge in [-0.2, -0.15) is 0 Å². The monoisotopic (exact) mass is 256 g/mol. The van der Waals surface area contributed by atoms with E-state index >= 15 is 0 Å². The smallest absolute Gasteiger partial charge is 0.270 e. The summed E-state index contributed by atoms with van der Waals surface area (Å²) in [6.45, 7) is 3.11. The van der Waals surface area contributed by atoms with Gasteiger partial charge in [0, 0.05) is 24.8 Å². The Kier molecular flexibility index (Phi) is 4.13. The zero-order valence-electron chi connectivity index (χ0n) is 10.8. The number of nitrogens with one attached hydrogen (secondary N) is 1. The van der Waals surface area contributed by atoms with Crippen molar-refractivity contribution >= 4 is 12.2 Å². The molecule has 0 unspecified atom stereocenters. The molecule has 4 nitrogen and oxygen atoms in total. The van der Waals surface area contributed by atoms with E-state index in [1.165, 1.54) is 6.20 Å². The Labute approximate surface area is 112 Å². The first-order chi connectivity index (χ1) is 9.24. The highest BCUT2D eigenvalue weighted by molar-refractivity contribution is 5.94. The third-order valence-corrected chi connectivity index (χ3v) is 2.96. The van der Waals surface area contributed by atoms with Crippen LogP contribution in [0.4, 0.5) is 0 Å². The van der Waals surface area contributed by atoms with Gasteiger partial charge in [0.2, 0.25) is 0 Å². The number of aldehydes is 1. The van der Waals surface area contributed by atoms with E-state index in [0.29, 0.717) is 24.3 Å². The number of aromatic nitrogens is 1. The molecule has 1 aromatic heterocycles. The van der Waals surface area contributed by atoms with Crippen LogP contribution in [0.1, 0.15) is 33.3 Å². The number of hydrogen-bond acceptors (Lipinski definition) is 2. The van der Waals surface area contributed by atoms with E-state index in [-0.39, 0.29) is 5.91 Å². The maximum atomic E-state index is 12.3. The second-order valence-corrected chi connectivity index (χ2v) is 4.27. The third kappa shape index (κ3) is 3.10. The number of hydrogen-bond donors (Lipinski definition) is 1. The lowest BCUT2D eigenvalue weighted by molar-refractivity contribution is 0.0747. The molecule has 0 spiro atoms. The number of amides is 1. The van der Waals surface area contributed by atoms with E-state index in [2.05, 4.69) is 4.98 Å². The highest BCUT2D eigenvalue weighted by atomic mass is 16.2. The van der Waals surface area contributed by atoms with Crippen molar-refractivity contribution in [2.24, 2.45) is 0 Å². The van der Waals surface area contributed by atoms with Crippen LogP contribution in [0.25, 0.3) is 0 Å². The number of carbonyl (C=O) groups is 2. The van der Waals surface area contributed by atoms with Crippen molar-refractivity contribution in [3.05, 3.63) is 59.4 Å². The van der Waals surface area contributed by atoms with Gasteiger partial charge in [-0.3, -0.25) is 9.59 Å². The predicted molar refractivity (Wildman–Crippen MR) is 73.0 cm³/mol. The molecule has 0 atom stereocenters. The van der Waals surface area contributed by atoms with Crippen molar-refractivity contribution in [1.29, 1.82) is 0 Å². The lowest BCUT2D eigenvalue weighted by Crippen LogP contribution is -2.30. The van der Waals surface area contributed by atoms with E-state index in [0.717, 1.165) is 11.8 Å². The molecule has 1 aromatic carbocycles. The maximum Gasteiger partial charge on any atom is 0.270 e. The van der Waals surface area contributed by atoms with Gasteiger partial charge in [-0.15, -0.1) is 0 Å². The van der Waals surface area contributed by atoms with Crippen LogP contribution in [0.5, 0.6) is 0 Å². The summed E-state index contributed by atoms with van der Waals surface area (Å²) >= 11 is 0. The van der Waals surface area contributed by atoms with Gasteiger partial charge in [0.25, 0.3) is 5.91 Å². The molecule has 1 N–H and O–H groups in total. The predicted octanol–water partition coefficient (Wildman–Crippen LogP) is 2.49. The lowest BCUT2D eigenvalue weighted by atomic mass is 10.2. The summed E-state index contributed by atoms with van der Waals surface area (Å²) in [6, 6.07) is 11.4. The molecular weight excluding hydrogens is 240 g/mol. The molecule has 0 saturated carbocycles. The Morgan fingerprint density at radius 1 is 1.32 bits per heavy atom. The fourth-order valence-electron chi connectivity index (χ4n) is 1.90. The summed E-state index contributed by atoms with van der Waals surface area (Å²) in [6.07, 6.45) is 2.26. The Hall–Kier alpha value is -2.36. The average Bonchev–Trinajstić information content (AvgIpc) is 2.94. The molecule has 2 rings (SSSR count). The van der Waals surface area contributed by atoms with Gasteiger partial charge in [0.15, 0.2) is 6.29 Å². The molecule has 0 aliphatic carbocycles. The average molecular weight is 256 g/mol. The molecule has 98 valence electrons. The van der Waals surface area contributed by atoms with Gasteiger partial charge < -0.3 is 9.88 Å². The highest BCUT2D eigenvalue weighted by Gasteiger charge is 2.16. The van der Waals surface area contributed by atoms with Crippen molar-refractivity contribution in [3.63, 3.8) is 0 Å². The number of carbonyl (C=O) groups excluding carboxylic acids is 2. The number of H-pyrrole nitrogens is 1.